The largest absolute Gasteiger partial charge is 0.289 e. The van der Waals surface area contributed by atoms with Crippen LogP contribution < -0.4 is 0 Å². The number of ketones is 1. The van der Waals surface area contributed by atoms with Gasteiger partial charge in [-0.05, 0) is 16.1 Å². The highest BCUT2D eigenvalue weighted by molar-refractivity contribution is 14.1. The molecule has 0 radical (unpaired) electrons. The van der Waals surface area contributed by atoms with Crippen molar-refractivity contribution in [3.63, 3.8) is 0 Å². The Morgan fingerprint density at radius 2 is 2.00 bits per heavy atom. The minimum Gasteiger partial charge on any atom is -0.289 e. The lowest BCUT2D eigenvalue weighted by molar-refractivity contribution is -0.111. The lowest BCUT2D eigenvalue weighted by Crippen LogP contribution is -2.00. The molecular formula is C14H7IN2O. The van der Waals surface area contributed by atoms with E-state index in [1.54, 1.807) is 4.08 Å². The molecule has 4 heteroatoms. The highest BCUT2D eigenvalue weighted by atomic mass is 127. The smallest absolute Gasteiger partial charge is 0.190 e. The Kier molecular flexibility index (Phi) is 3.65. The molecule has 0 aliphatic heterocycles. The normalized spacial score (nSPS) is 19.6. The molecule has 0 saturated carbocycles. The van der Waals surface area contributed by atoms with Crippen molar-refractivity contribution in [2.45, 2.75) is 19.3 Å². The minimum atomic E-state index is -0.0668. The molecule has 0 spiro atoms. The second-order valence-electron chi connectivity index (χ2n) is 3.81. The number of Topliss-reactive ketones (excluding diaryl/α,β-unsaturated/α-hetero) is 1. The van der Waals surface area contributed by atoms with Crippen molar-refractivity contribution in [1.82, 2.24) is 0 Å². The fraction of sp³-hybridized carbons (Fsp3) is 0.214. The molecule has 18 heavy (non-hydrogen) atoms. The maximum atomic E-state index is 12.2. The van der Waals surface area contributed by atoms with E-state index in [0.717, 1.165) is 5.57 Å². The van der Waals surface area contributed by atoms with Crippen LogP contribution in [0.25, 0.3) is 0 Å². The van der Waals surface area contributed by atoms with Crippen LogP contribution in [0.2, 0.25) is 0 Å². The van der Waals surface area contributed by atoms with Crippen LogP contribution in [0, 0.1) is 34.5 Å². The van der Waals surface area contributed by atoms with E-state index in [1.807, 2.05) is 34.7 Å². The lowest BCUT2D eigenvalue weighted by Gasteiger charge is -2.02. The van der Waals surface area contributed by atoms with Gasteiger partial charge >= 0.3 is 0 Å². The number of nitriles is 2. The van der Waals surface area contributed by atoms with Crippen molar-refractivity contribution < 1.29 is 4.79 Å². The molecule has 0 N–H and O–H groups in total. The predicted molar refractivity (Wildman–Crippen MR) is 74.0 cm³/mol. The second-order valence-corrected chi connectivity index (χ2v) is 4.44. The number of halogens is 1. The number of carbonyl (C=O) groups excluding carboxylic acids is 1. The van der Waals surface area contributed by atoms with Crippen LogP contribution in [-0.2, 0) is 4.79 Å². The summed E-state index contributed by atoms with van der Waals surface area (Å²) >= 11 is 1.97. The molecule has 0 saturated heterocycles. The highest BCUT2D eigenvalue weighted by Gasteiger charge is 2.34. The summed E-state index contributed by atoms with van der Waals surface area (Å²) in [5.74, 6) is 5.88. The molecule has 0 aromatic rings. The van der Waals surface area contributed by atoms with Gasteiger partial charge in [-0.1, -0.05) is 28.5 Å². The van der Waals surface area contributed by atoms with Crippen LogP contribution in [0.4, 0.5) is 0 Å². The van der Waals surface area contributed by atoms with Gasteiger partial charge in [0.2, 0.25) is 0 Å². The molecule has 2 aliphatic carbocycles. The third-order valence-electron chi connectivity index (χ3n) is 2.93. The SMILES string of the molecule is N#CC(C#N)=C1C2=C(CCC#CC2)C(=O)/C1=C\I. The Hall–Kier alpha value is -1.84. The molecule has 0 fully saturated rings. The summed E-state index contributed by atoms with van der Waals surface area (Å²) < 4.78 is 1.64. The summed E-state index contributed by atoms with van der Waals surface area (Å²) in [5.41, 5.74) is 2.42. The van der Waals surface area contributed by atoms with Gasteiger partial charge in [-0.15, -0.1) is 5.92 Å². The van der Waals surface area contributed by atoms with Crippen molar-refractivity contribution in [2.24, 2.45) is 0 Å². The van der Waals surface area contributed by atoms with E-state index < -0.39 is 0 Å². The van der Waals surface area contributed by atoms with Crippen molar-refractivity contribution in [1.29, 1.82) is 10.5 Å². The van der Waals surface area contributed by atoms with E-state index >= 15 is 0 Å². The highest BCUT2D eigenvalue weighted by Crippen LogP contribution is 2.40. The molecule has 0 aromatic carbocycles. The summed E-state index contributed by atoms with van der Waals surface area (Å²) in [4.78, 5) is 12.2. The number of nitrogens with zero attached hydrogens (tertiary/aromatic N) is 2. The predicted octanol–water partition coefficient (Wildman–Crippen LogP) is 2.72. The van der Waals surface area contributed by atoms with Gasteiger partial charge in [-0.25, -0.2) is 0 Å². The molecular weight excluding hydrogens is 339 g/mol. The molecule has 0 heterocycles. The minimum absolute atomic E-state index is 0.0000315. The van der Waals surface area contributed by atoms with Gasteiger partial charge in [0.15, 0.2) is 5.78 Å². The van der Waals surface area contributed by atoms with Crippen molar-refractivity contribution >= 4 is 28.4 Å². The van der Waals surface area contributed by atoms with Crippen LogP contribution >= 0.6 is 22.6 Å². The van der Waals surface area contributed by atoms with E-state index in [1.165, 1.54) is 0 Å². The van der Waals surface area contributed by atoms with Gasteiger partial charge in [0.25, 0.3) is 0 Å². The van der Waals surface area contributed by atoms with Crippen LogP contribution in [0.5, 0.6) is 0 Å². The van der Waals surface area contributed by atoms with E-state index in [-0.39, 0.29) is 11.4 Å². The van der Waals surface area contributed by atoms with Gasteiger partial charge in [0, 0.05) is 29.6 Å². The van der Waals surface area contributed by atoms with Crippen LogP contribution in [0.1, 0.15) is 19.3 Å². The number of hydrogen-bond acceptors (Lipinski definition) is 3. The maximum Gasteiger partial charge on any atom is 0.190 e. The van der Waals surface area contributed by atoms with Gasteiger partial charge in [0.05, 0.1) is 0 Å². The fourth-order valence-electron chi connectivity index (χ4n) is 2.14. The zero-order valence-corrected chi connectivity index (χ0v) is 11.5. The van der Waals surface area contributed by atoms with Gasteiger partial charge in [0.1, 0.15) is 17.7 Å². The topological polar surface area (TPSA) is 64.7 Å². The van der Waals surface area contributed by atoms with Gasteiger partial charge in [-0.3, -0.25) is 4.79 Å². The van der Waals surface area contributed by atoms with Gasteiger partial charge < -0.3 is 0 Å². The maximum absolute atomic E-state index is 12.2. The van der Waals surface area contributed by atoms with Crippen molar-refractivity contribution in [3.05, 3.63) is 31.9 Å². The third kappa shape index (κ3) is 1.88. The summed E-state index contributed by atoms with van der Waals surface area (Å²) in [5, 5.41) is 18.0. The molecule has 0 atom stereocenters. The fourth-order valence-corrected chi connectivity index (χ4v) is 2.73. The Morgan fingerprint density at radius 1 is 1.28 bits per heavy atom. The number of carbonyl (C=O) groups is 1. The summed E-state index contributed by atoms with van der Waals surface area (Å²) in [7, 11) is 0. The first-order valence-corrected chi connectivity index (χ1v) is 6.57. The molecule has 3 nitrogen and oxygen atoms in total. The van der Waals surface area contributed by atoms with E-state index in [0.29, 0.717) is 36.0 Å². The first-order valence-electron chi connectivity index (χ1n) is 5.32. The van der Waals surface area contributed by atoms with Crippen LogP contribution in [0.3, 0.4) is 0 Å². The van der Waals surface area contributed by atoms with Crippen molar-refractivity contribution in [3.8, 4) is 24.0 Å². The lowest BCUT2D eigenvalue weighted by atomic mass is 9.98. The van der Waals surface area contributed by atoms with Crippen molar-refractivity contribution in [2.75, 3.05) is 0 Å². The van der Waals surface area contributed by atoms with E-state index in [4.69, 9.17) is 10.5 Å². The molecule has 0 aromatic heterocycles. The summed E-state index contributed by atoms with van der Waals surface area (Å²) in [6.07, 6.45) is 1.70. The Labute approximate surface area is 119 Å². The van der Waals surface area contributed by atoms with Gasteiger partial charge in [-0.2, -0.15) is 10.5 Å². The standard InChI is InChI=1S/C14H7IN2O/c15-6-12-13(9(7-16)8-17)10-4-2-1-3-5-11(10)14(12)18/h6H,3-5H2/b12-6-. The molecule has 86 valence electrons. The second kappa shape index (κ2) is 5.21. The molecule has 0 bridgehead atoms. The number of allylic oxidation sites excluding steroid dienone is 5. The van der Waals surface area contributed by atoms with Crippen LogP contribution in [0.15, 0.2) is 31.9 Å². The zero-order chi connectivity index (χ0) is 13.1. The molecule has 0 unspecified atom stereocenters. The molecule has 2 rings (SSSR count). The monoisotopic (exact) mass is 346 g/mol. The zero-order valence-electron chi connectivity index (χ0n) is 9.38. The summed E-state index contributed by atoms with van der Waals surface area (Å²) in [6.45, 7) is 0. The van der Waals surface area contributed by atoms with E-state index in [9.17, 15) is 4.79 Å². The van der Waals surface area contributed by atoms with Crippen LogP contribution in [-0.4, -0.2) is 5.78 Å². The quantitative estimate of drug-likeness (QED) is 0.293. The Morgan fingerprint density at radius 3 is 2.61 bits per heavy atom. The molecule has 0 amide bonds. The van der Waals surface area contributed by atoms with E-state index in [2.05, 4.69) is 11.8 Å². The first-order chi connectivity index (χ1) is 8.74. The average Bonchev–Trinajstić information content (AvgIpc) is 2.58. The molecule has 2 aliphatic rings. The summed E-state index contributed by atoms with van der Waals surface area (Å²) in [6, 6.07) is 3.74. The Balaban J connectivity index is 2.72. The third-order valence-corrected chi connectivity index (χ3v) is 3.55. The Bertz CT molecular complexity index is 653. The first kappa shape index (κ1) is 12.6. The average molecular weight is 346 g/mol. The number of rotatable bonds is 0. The number of hydrogen-bond donors (Lipinski definition) is 0.